The molecule has 0 radical (unpaired) electrons. The molecule has 0 unspecified atom stereocenters. The predicted octanol–water partition coefficient (Wildman–Crippen LogP) is 8.27. The Hall–Kier alpha value is -6.55. The van der Waals surface area contributed by atoms with Crippen molar-refractivity contribution in [2.45, 2.75) is 60.0 Å². The second-order valence-corrected chi connectivity index (χ2v) is 15.0. The van der Waals surface area contributed by atoms with Crippen LogP contribution in [-0.2, 0) is 24.5 Å². The van der Waals surface area contributed by atoms with Crippen molar-refractivity contribution in [1.82, 2.24) is 19.3 Å². The number of aldehydes is 1. The van der Waals surface area contributed by atoms with Crippen LogP contribution in [0.2, 0.25) is 5.02 Å². The fourth-order valence-corrected chi connectivity index (χ4v) is 6.70. The van der Waals surface area contributed by atoms with Crippen LogP contribution in [0, 0.1) is 25.2 Å². The highest BCUT2D eigenvalue weighted by Gasteiger charge is 2.23. The summed E-state index contributed by atoms with van der Waals surface area (Å²) < 4.78 is 19.1. The molecule has 3 aromatic carbocycles. The Balaban J connectivity index is 1.22. The van der Waals surface area contributed by atoms with E-state index in [1.807, 2.05) is 43.3 Å². The lowest BCUT2D eigenvalue weighted by Gasteiger charge is -2.26. The first-order valence-electron chi connectivity index (χ1n) is 18.5. The lowest BCUT2D eigenvalue weighted by atomic mass is 9.90. The minimum Gasteiger partial charge on any atom is -0.488 e. The smallest absolute Gasteiger partial charge is 0.410 e. The number of nitrogens with zero attached hydrogens (tertiary/aromatic N) is 5. The third kappa shape index (κ3) is 9.35. The van der Waals surface area contributed by atoms with Crippen molar-refractivity contribution in [2.24, 2.45) is 0 Å². The van der Waals surface area contributed by atoms with Crippen LogP contribution in [0.1, 0.15) is 64.5 Å². The van der Waals surface area contributed by atoms with Crippen molar-refractivity contribution in [3.63, 3.8) is 0 Å². The standard InChI is InChI=1S/C45H42ClN5O7/c1-28-33(27-57-41-19-40(34(25-53)17-39(41)46)56-26-31-16-30(20-47)21-48-22-31)8-6-10-37(28)38-11-7-9-36(29(38)2)32-12-13-51-42(18-32)49-23-35(43(51)54)24-50(14-15-52)44(55)58-45(3,4)5/h6-13,16-19,21-23,25,52H,14-15,24,26-27H2,1-5H3. The van der Waals surface area contributed by atoms with E-state index in [1.165, 1.54) is 27.8 Å². The van der Waals surface area contributed by atoms with Crippen LogP contribution in [0.5, 0.6) is 11.5 Å². The van der Waals surface area contributed by atoms with Crippen LogP contribution in [-0.4, -0.2) is 55.5 Å². The Labute approximate surface area is 340 Å². The fraction of sp³-hybridized carbons (Fsp3) is 0.244. The second-order valence-electron chi connectivity index (χ2n) is 14.6. The van der Waals surface area contributed by atoms with E-state index < -0.39 is 11.7 Å². The third-order valence-corrected chi connectivity index (χ3v) is 9.73. The molecule has 0 aliphatic heterocycles. The number of halogens is 1. The molecule has 13 heteroatoms. The van der Waals surface area contributed by atoms with Crippen molar-refractivity contribution in [3.8, 4) is 39.8 Å². The van der Waals surface area contributed by atoms with Gasteiger partial charge in [0.2, 0.25) is 0 Å². The Bertz CT molecular complexity index is 2610. The zero-order chi connectivity index (χ0) is 41.6. The van der Waals surface area contributed by atoms with Crippen LogP contribution in [0.25, 0.3) is 27.9 Å². The number of carbonyl (C=O) groups is 2. The van der Waals surface area contributed by atoms with E-state index >= 15 is 0 Å². The summed E-state index contributed by atoms with van der Waals surface area (Å²) in [6, 6.07) is 22.6. The zero-order valence-electron chi connectivity index (χ0n) is 32.8. The summed E-state index contributed by atoms with van der Waals surface area (Å²) in [7, 11) is 0. The van der Waals surface area contributed by atoms with Gasteiger partial charge in [0.05, 0.1) is 34.9 Å². The molecule has 0 aliphatic rings. The predicted molar refractivity (Wildman–Crippen MR) is 220 cm³/mol. The number of fused-ring (bicyclic) bond motifs is 1. The number of benzene rings is 3. The molecule has 0 saturated carbocycles. The van der Waals surface area contributed by atoms with E-state index in [4.69, 9.17) is 25.8 Å². The van der Waals surface area contributed by atoms with Crippen LogP contribution < -0.4 is 15.0 Å². The molecular formula is C45H42ClN5O7. The molecule has 6 aromatic rings. The van der Waals surface area contributed by atoms with Gasteiger partial charge in [-0.2, -0.15) is 5.26 Å². The number of aromatic nitrogens is 3. The topological polar surface area (TPSA) is 156 Å². The second kappa shape index (κ2) is 17.7. The van der Waals surface area contributed by atoms with Crippen molar-refractivity contribution in [2.75, 3.05) is 13.2 Å². The highest BCUT2D eigenvalue weighted by Crippen LogP contribution is 2.36. The summed E-state index contributed by atoms with van der Waals surface area (Å²) in [5, 5.41) is 19.0. The number of ether oxygens (including phenoxy) is 3. The van der Waals surface area contributed by atoms with Crippen molar-refractivity contribution in [1.29, 1.82) is 5.26 Å². The third-order valence-electron chi connectivity index (χ3n) is 9.44. The normalized spacial score (nSPS) is 11.2. The molecule has 3 heterocycles. The number of aliphatic hydroxyl groups excluding tert-OH is 1. The number of hydrogen-bond donors (Lipinski definition) is 1. The van der Waals surface area contributed by atoms with Crippen molar-refractivity contribution in [3.05, 3.63) is 146 Å². The monoisotopic (exact) mass is 799 g/mol. The first kappa shape index (κ1) is 41.1. The quantitative estimate of drug-likeness (QED) is 0.113. The molecule has 0 saturated heterocycles. The molecular weight excluding hydrogens is 758 g/mol. The van der Waals surface area contributed by atoms with Crippen molar-refractivity contribution < 1.29 is 28.9 Å². The maximum absolute atomic E-state index is 13.5. The number of carbonyl (C=O) groups excluding carboxylic acids is 2. The van der Waals surface area contributed by atoms with Gasteiger partial charge in [0, 0.05) is 43.0 Å². The summed E-state index contributed by atoms with van der Waals surface area (Å²) >= 11 is 6.55. The van der Waals surface area contributed by atoms with E-state index in [9.17, 15) is 24.8 Å². The highest BCUT2D eigenvalue weighted by atomic mass is 35.5. The maximum Gasteiger partial charge on any atom is 0.410 e. The highest BCUT2D eigenvalue weighted by molar-refractivity contribution is 6.32. The summed E-state index contributed by atoms with van der Waals surface area (Å²) in [5.41, 5.74) is 7.80. The van der Waals surface area contributed by atoms with E-state index in [0.29, 0.717) is 28.8 Å². The molecule has 0 fully saturated rings. The molecule has 0 spiro atoms. The molecule has 296 valence electrons. The van der Waals surface area contributed by atoms with E-state index in [1.54, 1.807) is 45.3 Å². The summed E-state index contributed by atoms with van der Waals surface area (Å²) in [4.78, 5) is 48.1. The Morgan fingerprint density at radius 3 is 2.38 bits per heavy atom. The van der Waals surface area contributed by atoms with Gasteiger partial charge in [-0.3, -0.25) is 19.0 Å². The van der Waals surface area contributed by atoms with Gasteiger partial charge in [-0.1, -0.05) is 48.0 Å². The lowest BCUT2D eigenvalue weighted by molar-refractivity contribution is 0.0200. The summed E-state index contributed by atoms with van der Waals surface area (Å²) in [6.45, 7) is 9.26. The SMILES string of the molecule is Cc1c(COc2cc(OCc3cncc(C#N)c3)c(C=O)cc2Cl)cccc1-c1cccc(-c2ccn3c(=O)c(CN(CCO)C(=O)OC(C)(C)C)cnc3c2)c1C. The summed E-state index contributed by atoms with van der Waals surface area (Å²) in [5.74, 6) is 0.627. The molecule has 12 nitrogen and oxygen atoms in total. The largest absolute Gasteiger partial charge is 0.488 e. The van der Waals surface area contributed by atoms with Gasteiger partial charge in [0.15, 0.2) is 6.29 Å². The van der Waals surface area contributed by atoms with Gasteiger partial charge >= 0.3 is 6.09 Å². The van der Waals surface area contributed by atoms with Crippen LogP contribution in [0.3, 0.4) is 0 Å². The van der Waals surface area contributed by atoms with Gasteiger partial charge in [0.25, 0.3) is 5.56 Å². The summed E-state index contributed by atoms with van der Waals surface area (Å²) in [6.07, 6.45) is 6.22. The Morgan fingerprint density at radius 2 is 1.66 bits per heavy atom. The number of aliphatic hydroxyl groups is 1. The molecule has 0 aliphatic carbocycles. The van der Waals surface area contributed by atoms with Crippen molar-refractivity contribution >= 4 is 29.6 Å². The van der Waals surface area contributed by atoms with Gasteiger partial charge in [0.1, 0.15) is 42.0 Å². The number of nitriles is 1. The Kier molecular flexibility index (Phi) is 12.6. The van der Waals surface area contributed by atoms with Crippen LogP contribution >= 0.6 is 11.6 Å². The first-order valence-corrected chi connectivity index (χ1v) is 18.8. The molecule has 6 rings (SSSR count). The average Bonchev–Trinajstić information content (AvgIpc) is 3.20. The van der Waals surface area contributed by atoms with E-state index in [-0.39, 0.29) is 60.4 Å². The number of pyridine rings is 2. The maximum atomic E-state index is 13.5. The molecule has 1 amide bonds. The number of amides is 1. The zero-order valence-corrected chi connectivity index (χ0v) is 33.5. The lowest BCUT2D eigenvalue weighted by Crippen LogP contribution is -2.39. The number of rotatable bonds is 13. The van der Waals surface area contributed by atoms with Gasteiger partial charge in [-0.05, 0) is 97.8 Å². The van der Waals surface area contributed by atoms with Crippen LogP contribution in [0.4, 0.5) is 4.79 Å². The first-order chi connectivity index (χ1) is 27.8. The van der Waals surface area contributed by atoms with Crippen LogP contribution in [0.15, 0.2) is 96.3 Å². The van der Waals surface area contributed by atoms with E-state index in [0.717, 1.165) is 38.9 Å². The van der Waals surface area contributed by atoms with E-state index in [2.05, 4.69) is 35.1 Å². The van der Waals surface area contributed by atoms with Gasteiger partial charge < -0.3 is 24.2 Å². The fourth-order valence-electron chi connectivity index (χ4n) is 6.47. The molecule has 0 bridgehead atoms. The minimum absolute atomic E-state index is 0.00267. The molecule has 1 N–H and O–H groups in total. The number of hydrogen-bond acceptors (Lipinski definition) is 10. The molecule has 3 aromatic heterocycles. The molecule has 58 heavy (non-hydrogen) atoms. The Morgan fingerprint density at radius 1 is 0.931 bits per heavy atom. The molecule has 0 atom stereocenters. The average molecular weight is 800 g/mol. The van der Waals surface area contributed by atoms with Gasteiger partial charge in [-0.25, -0.2) is 9.78 Å². The van der Waals surface area contributed by atoms with Gasteiger partial charge in [-0.15, -0.1) is 0 Å². The minimum atomic E-state index is -0.736.